The maximum atomic E-state index is 9.96. The van der Waals surface area contributed by atoms with Crippen LogP contribution in [0.1, 0.15) is 12.8 Å². The second kappa shape index (κ2) is 1.94. The third-order valence-electron chi connectivity index (χ3n) is 1.11. The molecule has 43 valence electrons. The Labute approximate surface area is 47.0 Å². The lowest BCUT2D eigenvalue weighted by molar-refractivity contribution is -0.135. The summed E-state index contributed by atoms with van der Waals surface area (Å²) in [6.07, 6.45) is 1.45. The van der Waals surface area contributed by atoms with E-state index in [1.165, 1.54) is 0 Å². The molecule has 3 nitrogen and oxygen atoms in total. The Morgan fingerprint density at radius 3 is 2.62 bits per heavy atom. The Kier molecular flexibility index (Phi) is 1.28. The second-order valence-electron chi connectivity index (χ2n) is 1.72. The molecule has 0 aromatic heterocycles. The van der Waals surface area contributed by atoms with E-state index in [0.717, 1.165) is 6.42 Å². The highest BCUT2D eigenvalue weighted by Gasteiger charge is 2.14. The second-order valence-corrected chi connectivity index (χ2v) is 1.72. The van der Waals surface area contributed by atoms with Gasteiger partial charge in [-0.3, -0.25) is 4.99 Å². The van der Waals surface area contributed by atoms with Crippen LogP contribution in [0.15, 0.2) is 4.99 Å². The van der Waals surface area contributed by atoms with Crippen molar-refractivity contribution in [1.82, 2.24) is 0 Å². The highest BCUT2D eigenvalue weighted by Crippen LogP contribution is 2.02. The van der Waals surface area contributed by atoms with E-state index in [4.69, 9.17) is 0 Å². The van der Waals surface area contributed by atoms with Crippen molar-refractivity contribution < 1.29 is 9.90 Å². The SMILES string of the molecule is [O]C(=O)C1=NCCC1. The van der Waals surface area contributed by atoms with Crippen LogP contribution in [0.4, 0.5) is 0 Å². The lowest BCUT2D eigenvalue weighted by Crippen LogP contribution is -2.06. The van der Waals surface area contributed by atoms with E-state index in [0.29, 0.717) is 13.0 Å². The van der Waals surface area contributed by atoms with Crippen molar-refractivity contribution in [3.05, 3.63) is 0 Å². The lowest BCUT2D eigenvalue weighted by atomic mass is 10.2. The molecule has 0 amide bonds. The molecule has 0 aromatic rings. The number of nitrogens with zero attached hydrogens (tertiary/aromatic N) is 1. The Morgan fingerprint density at radius 1 is 1.62 bits per heavy atom. The van der Waals surface area contributed by atoms with E-state index in [9.17, 15) is 9.90 Å². The average molecular weight is 112 g/mol. The zero-order valence-electron chi connectivity index (χ0n) is 4.39. The van der Waals surface area contributed by atoms with Gasteiger partial charge in [-0.15, -0.1) is 0 Å². The summed E-state index contributed by atoms with van der Waals surface area (Å²) in [7, 11) is 0. The average Bonchev–Trinajstić information content (AvgIpc) is 2.12. The van der Waals surface area contributed by atoms with Gasteiger partial charge in [-0.1, -0.05) is 0 Å². The van der Waals surface area contributed by atoms with Gasteiger partial charge in [-0.05, 0) is 12.8 Å². The predicted molar refractivity (Wildman–Crippen MR) is 27.2 cm³/mol. The van der Waals surface area contributed by atoms with Gasteiger partial charge in [0.1, 0.15) is 5.71 Å². The van der Waals surface area contributed by atoms with Crippen LogP contribution in [0, 0.1) is 0 Å². The van der Waals surface area contributed by atoms with E-state index in [1.807, 2.05) is 0 Å². The molecule has 0 aromatic carbocycles. The Balaban J connectivity index is 2.57. The first kappa shape index (κ1) is 5.28. The van der Waals surface area contributed by atoms with Crippen LogP contribution in [-0.2, 0) is 9.90 Å². The topological polar surface area (TPSA) is 49.3 Å². The molecule has 0 spiro atoms. The van der Waals surface area contributed by atoms with Crippen LogP contribution in [0.2, 0.25) is 0 Å². The predicted octanol–water partition coefficient (Wildman–Crippen LogP) is 0.178. The number of carbonyl (C=O) groups is 1. The minimum atomic E-state index is -1.11. The first-order valence-corrected chi connectivity index (χ1v) is 2.55. The Hall–Kier alpha value is -0.860. The number of rotatable bonds is 1. The third-order valence-corrected chi connectivity index (χ3v) is 1.11. The number of hydrogen-bond donors (Lipinski definition) is 0. The minimum Gasteiger partial charge on any atom is -0.282 e. The summed E-state index contributed by atoms with van der Waals surface area (Å²) >= 11 is 0. The van der Waals surface area contributed by atoms with E-state index in [2.05, 4.69) is 4.99 Å². The molecule has 0 unspecified atom stereocenters. The summed E-state index contributed by atoms with van der Waals surface area (Å²) in [6.45, 7) is 0.656. The smallest absolute Gasteiger partial charge is 0.282 e. The van der Waals surface area contributed by atoms with Gasteiger partial charge in [0, 0.05) is 6.54 Å². The van der Waals surface area contributed by atoms with Gasteiger partial charge in [0.05, 0.1) is 0 Å². The molecule has 0 saturated heterocycles. The van der Waals surface area contributed by atoms with Crippen LogP contribution in [0.5, 0.6) is 0 Å². The molecule has 0 aliphatic carbocycles. The van der Waals surface area contributed by atoms with Gasteiger partial charge in [-0.25, -0.2) is 9.90 Å². The number of hydrogen-bond acceptors (Lipinski definition) is 2. The summed E-state index contributed by atoms with van der Waals surface area (Å²) in [5.74, 6) is -1.11. The molecule has 0 atom stereocenters. The molecule has 1 heterocycles. The highest BCUT2D eigenvalue weighted by molar-refractivity contribution is 6.35. The molecular formula is C5H6NO2. The molecule has 0 bridgehead atoms. The van der Waals surface area contributed by atoms with Crippen molar-refractivity contribution in [1.29, 1.82) is 0 Å². The Bertz CT molecular complexity index is 139. The van der Waals surface area contributed by atoms with Gasteiger partial charge in [0.25, 0.3) is 0 Å². The van der Waals surface area contributed by atoms with Crippen molar-refractivity contribution in [3.8, 4) is 0 Å². The van der Waals surface area contributed by atoms with Gasteiger partial charge in [0.2, 0.25) is 0 Å². The summed E-state index contributed by atoms with van der Waals surface area (Å²) in [5.41, 5.74) is 0.227. The van der Waals surface area contributed by atoms with Gasteiger partial charge in [0.15, 0.2) is 0 Å². The van der Waals surface area contributed by atoms with Crippen LogP contribution in [-0.4, -0.2) is 18.2 Å². The van der Waals surface area contributed by atoms with Crippen molar-refractivity contribution in [2.45, 2.75) is 12.8 Å². The lowest BCUT2D eigenvalue weighted by Gasteiger charge is -1.81. The van der Waals surface area contributed by atoms with Crippen molar-refractivity contribution in [2.75, 3.05) is 6.54 Å². The fourth-order valence-electron chi connectivity index (χ4n) is 0.706. The molecule has 1 aliphatic rings. The molecule has 3 heteroatoms. The zero-order valence-corrected chi connectivity index (χ0v) is 4.39. The normalized spacial score (nSPS) is 18.2. The molecule has 1 radical (unpaired) electrons. The van der Waals surface area contributed by atoms with Crippen molar-refractivity contribution in [2.24, 2.45) is 4.99 Å². The summed E-state index contributed by atoms with van der Waals surface area (Å²) in [6, 6.07) is 0. The number of carbonyl (C=O) groups excluding carboxylic acids is 1. The fraction of sp³-hybridized carbons (Fsp3) is 0.600. The first-order chi connectivity index (χ1) is 3.80. The van der Waals surface area contributed by atoms with Gasteiger partial charge < -0.3 is 0 Å². The zero-order chi connectivity index (χ0) is 5.98. The molecular weight excluding hydrogens is 106 g/mol. The fourth-order valence-corrected chi connectivity index (χ4v) is 0.706. The molecule has 8 heavy (non-hydrogen) atoms. The van der Waals surface area contributed by atoms with Gasteiger partial charge in [-0.2, -0.15) is 0 Å². The number of aliphatic imine (C=N–C) groups is 1. The van der Waals surface area contributed by atoms with Gasteiger partial charge >= 0.3 is 5.97 Å². The molecule has 1 aliphatic heterocycles. The first-order valence-electron chi connectivity index (χ1n) is 2.55. The van der Waals surface area contributed by atoms with Crippen LogP contribution in [0.25, 0.3) is 0 Å². The summed E-state index contributed by atoms with van der Waals surface area (Å²) in [4.78, 5) is 13.6. The molecule has 1 rings (SSSR count). The Morgan fingerprint density at radius 2 is 2.38 bits per heavy atom. The van der Waals surface area contributed by atoms with E-state index in [1.54, 1.807) is 0 Å². The van der Waals surface area contributed by atoms with E-state index >= 15 is 0 Å². The molecule has 0 saturated carbocycles. The quantitative estimate of drug-likeness (QED) is 0.477. The van der Waals surface area contributed by atoms with Crippen LogP contribution >= 0.6 is 0 Å². The van der Waals surface area contributed by atoms with Crippen molar-refractivity contribution in [3.63, 3.8) is 0 Å². The minimum absolute atomic E-state index is 0.227. The largest absolute Gasteiger partial charge is 0.399 e. The standard InChI is InChI=1S/C5H6NO2/c7-5(8)4-2-1-3-6-4/h1-3H2. The third kappa shape index (κ3) is 0.857. The highest BCUT2D eigenvalue weighted by atomic mass is 16.4. The molecule has 0 fully saturated rings. The molecule has 0 N–H and O–H groups in total. The summed E-state index contributed by atoms with van der Waals surface area (Å²) in [5, 5.41) is 9.96. The van der Waals surface area contributed by atoms with Crippen molar-refractivity contribution >= 4 is 11.7 Å². The maximum Gasteiger partial charge on any atom is 0.399 e. The maximum absolute atomic E-state index is 9.96. The van der Waals surface area contributed by atoms with E-state index in [-0.39, 0.29) is 5.71 Å². The monoisotopic (exact) mass is 112 g/mol. The van der Waals surface area contributed by atoms with Crippen LogP contribution < -0.4 is 0 Å². The van der Waals surface area contributed by atoms with E-state index < -0.39 is 5.97 Å². The van der Waals surface area contributed by atoms with Crippen LogP contribution in [0.3, 0.4) is 0 Å². The summed E-state index contributed by atoms with van der Waals surface area (Å²) < 4.78 is 0.